The van der Waals surface area contributed by atoms with Gasteiger partial charge in [-0.05, 0) is 36.3 Å². The van der Waals surface area contributed by atoms with E-state index in [9.17, 15) is 4.79 Å². The summed E-state index contributed by atoms with van der Waals surface area (Å²) in [5.74, 6) is 1.19. The first-order chi connectivity index (χ1) is 16.5. The summed E-state index contributed by atoms with van der Waals surface area (Å²) >= 11 is 6.59. The lowest BCUT2D eigenvalue weighted by atomic mass is 10.1. The van der Waals surface area contributed by atoms with Crippen LogP contribution in [0.2, 0.25) is 5.15 Å². The summed E-state index contributed by atoms with van der Waals surface area (Å²) in [6, 6.07) is 17.1. The van der Waals surface area contributed by atoms with Crippen LogP contribution in [0.3, 0.4) is 0 Å². The first-order valence-corrected chi connectivity index (χ1v) is 11.2. The number of amides is 1. The number of benzene rings is 2. The third kappa shape index (κ3) is 5.21. The molecule has 1 unspecified atom stereocenters. The predicted octanol–water partition coefficient (Wildman–Crippen LogP) is 4.55. The third-order valence-corrected chi connectivity index (χ3v) is 5.94. The van der Waals surface area contributed by atoms with Crippen molar-refractivity contribution < 1.29 is 9.53 Å². The van der Waals surface area contributed by atoms with Crippen molar-refractivity contribution in [2.45, 2.75) is 19.5 Å². The average molecular weight is 476 g/mol. The van der Waals surface area contributed by atoms with Gasteiger partial charge in [0, 0.05) is 31.1 Å². The largest absolute Gasteiger partial charge is 0.497 e. The number of nitrogens with one attached hydrogen (secondary N) is 1. The van der Waals surface area contributed by atoms with E-state index in [0.717, 1.165) is 28.4 Å². The second-order valence-corrected chi connectivity index (χ2v) is 8.24. The van der Waals surface area contributed by atoms with E-state index in [4.69, 9.17) is 16.3 Å². The summed E-state index contributed by atoms with van der Waals surface area (Å²) in [5, 5.41) is 8.07. The van der Waals surface area contributed by atoms with Gasteiger partial charge in [0.2, 0.25) is 5.91 Å². The number of carbonyl (C=O) groups is 1. The van der Waals surface area contributed by atoms with Gasteiger partial charge < -0.3 is 14.6 Å². The van der Waals surface area contributed by atoms with Crippen LogP contribution in [-0.2, 0) is 18.4 Å². The second kappa shape index (κ2) is 10.4. The maximum absolute atomic E-state index is 12.9. The third-order valence-electron chi connectivity index (χ3n) is 5.54. The maximum atomic E-state index is 12.9. The molecule has 8 heteroatoms. The number of imidazole rings is 1. The number of hydrogen-bond acceptors (Lipinski definition) is 4. The molecule has 2 aromatic heterocycles. The normalized spacial score (nSPS) is 12.1. The minimum atomic E-state index is -0.430. The molecule has 7 nitrogen and oxygen atoms in total. The van der Waals surface area contributed by atoms with Crippen LogP contribution >= 0.6 is 11.6 Å². The van der Waals surface area contributed by atoms with Gasteiger partial charge in [0.05, 0.1) is 19.3 Å². The van der Waals surface area contributed by atoms with E-state index in [1.165, 1.54) is 6.08 Å². The van der Waals surface area contributed by atoms with Crippen molar-refractivity contribution in [1.82, 2.24) is 24.6 Å². The lowest BCUT2D eigenvalue weighted by molar-refractivity contribution is -0.117. The zero-order valence-corrected chi connectivity index (χ0v) is 20.0. The summed E-state index contributed by atoms with van der Waals surface area (Å²) < 4.78 is 8.87. The van der Waals surface area contributed by atoms with E-state index in [2.05, 4.69) is 15.4 Å². The Morgan fingerprint density at radius 1 is 1.18 bits per heavy atom. The maximum Gasteiger partial charge on any atom is 0.244 e. The van der Waals surface area contributed by atoms with Crippen molar-refractivity contribution in [2.75, 3.05) is 7.11 Å². The number of hydrogen-bond donors (Lipinski definition) is 1. The second-order valence-electron chi connectivity index (χ2n) is 7.88. The Balaban J connectivity index is 1.54. The Morgan fingerprint density at radius 3 is 2.56 bits per heavy atom. The molecular weight excluding hydrogens is 450 g/mol. The fraction of sp³-hybridized carbons (Fsp3) is 0.192. The van der Waals surface area contributed by atoms with Gasteiger partial charge in [0.15, 0.2) is 0 Å². The molecule has 0 bridgehead atoms. The van der Waals surface area contributed by atoms with Crippen molar-refractivity contribution in [3.8, 4) is 5.75 Å². The van der Waals surface area contributed by atoms with E-state index >= 15 is 0 Å². The van der Waals surface area contributed by atoms with Crippen LogP contribution in [0.4, 0.5) is 0 Å². The summed E-state index contributed by atoms with van der Waals surface area (Å²) in [6.07, 6.45) is 6.73. The number of ether oxygens (including phenoxy) is 1. The highest BCUT2D eigenvalue weighted by molar-refractivity contribution is 6.31. The molecule has 4 aromatic rings. The van der Waals surface area contributed by atoms with Gasteiger partial charge in [-0.1, -0.05) is 54.1 Å². The van der Waals surface area contributed by atoms with Crippen molar-refractivity contribution in [2.24, 2.45) is 7.05 Å². The summed E-state index contributed by atoms with van der Waals surface area (Å²) in [6.45, 7) is 2.43. The molecule has 1 amide bonds. The monoisotopic (exact) mass is 475 g/mol. The first kappa shape index (κ1) is 23.3. The first-order valence-electron chi connectivity index (χ1n) is 10.8. The molecule has 0 saturated carbocycles. The smallest absolute Gasteiger partial charge is 0.244 e. The molecule has 0 aliphatic carbocycles. The summed E-state index contributed by atoms with van der Waals surface area (Å²) in [5.41, 5.74) is 3.45. The molecule has 0 radical (unpaired) electrons. The predicted molar refractivity (Wildman–Crippen MR) is 133 cm³/mol. The molecule has 0 spiro atoms. The number of rotatable bonds is 8. The molecule has 1 N–H and O–H groups in total. The van der Waals surface area contributed by atoms with Gasteiger partial charge in [-0.25, -0.2) is 9.67 Å². The Hall–Kier alpha value is -3.84. The minimum absolute atomic E-state index is 0.268. The summed E-state index contributed by atoms with van der Waals surface area (Å²) in [7, 11) is 3.51. The molecule has 34 heavy (non-hydrogen) atoms. The fourth-order valence-corrected chi connectivity index (χ4v) is 4.01. The van der Waals surface area contributed by atoms with Crippen LogP contribution < -0.4 is 10.1 Å². The fourth-order valence-electron chi connectivity index (χ4n) is 3.72. The van der Waals surface area contributed by atoms with Crippen molar-refractivity contribution in [1.29, 1.82) is 0 Å². The van der Waals surface area contributed by atoms with E-state index in [1.807, 2.05) is 79.3 Å². The molecule has 4 rings (SSSR count). The van der Waals surface area contributed by atoms with Crippen molar-refractivity contribution in [3.05, 3.63) is 106 Å². The molecule has 2 heterocycles. The molecule has 174 valence electrons. The van der Waals surface area contributed by atoms with Gasteiger partial charge >= 0.3 is 0 Å². The zero-order chi connectivity index (χ0) is 24.1. The molecule has 1 atom stereocenters. The number of carbonyl (C=O) groups excluding carboxylic acids is 1. The van der Waals surface area contributed by atoms with Gasteiger partial charge in [0.1, 0.15) is 22.8 Å². The van der Waals surface area contributed by atoms with E-state index in [1.54, 1.807) is 24.1 Å². The average Bonchev–Trinajstić information content (AvgIpc) is 3.39. The van der Waals surface area contributed by atoms with Crippen LogP contribution in [0.5, 0.6) is 5.75 Å². The van der Waals surface area contributed by atoms with Crippen LogP contribution in [0.25, 0.3) is 6.08 Å². The van der Waals surface area contributed by atoms with Crippen LogP contribution in [-0.4, -0.2) is 32.3 Å². The van der Waals surface area contributed by atoms with E-state index < -0.39 is 6.04 Å². The number of aryl methyl sites for hydroxylation is 2. The zero-order valence-electron chi connectivity index (χ0n) is 19.3. The minimum Gasteiger partial charge on any atom is -0.497 e. The Morgan fingerprint density at radius 2 is 1.91 bits per heavy atom. The van der Waals surface area contributed by atoms with Gasteiger partial charge in [-0.15, -0.1) is 0 Å². The van der Waals surface area contributed by atoms with Crippen LogP contribution in [0, 0.1) is 6.92 Å². The Labute approximate surface area is 203 Å². The number of methoxy groups -OCH3 is 1. The number of aromatic nitrogens is 4. The highest BCUT2D eigenvalue weighted by Crippen LogP contribution is 2.24. The van der Waals surface area contributed by atoms with Gasteiger partial charge in [0.25, 0.3) is 0 Å². The van der Waals surface area contributed by atoms with Gasteiger partial charge in [-0.2, -0.15) is 5.10 Å². The lowest BCUT2D eigenvalue weighted by Gasteiger charge is -2.18. The summed E-state index contributed by atoms with van der Waals surface area (Å²) in [4.78, 5) is 17.4. The molecule has 0 saturated heterocycles. The molecule has 0 aliphatic rings. The van der Waals surface area contributed by atoms with E-state index in [-0.39, 0.29) is 5.91 Å². The van der Waals surface area contributed by atoms with Gasteiger partial charge in [-0.3, -0.25) is 4.79 Å². The highest BCUT2D eigenvalue weighted by atomic mass is 35.5. The van der Waals surface area contributed by atoms with Crippen LogP contribution in [0.1, 0.15) is 34.3 Å². The number of halogens is 1. The molecule has 0 fully saturated rings. The Kier molecular flexibility index (Phi) is 7.13. The lowest BCUT2D eigenvalue weighted by Crippen LogP contribution is -2.29. The SMILES string of the molecule is COc1ccc(C(NC(=O)/C=C/c2c(C)nn(Cc3ccccc3)c2Cl)c2nccn2C)cc1. The molecule has 0 aliphatic heterocycles. The standard InChI is InChI=1S/C26H26ClN5O2/c1-18-22(25(27)32(30-18)17-19-7-5-4-6-8-19)13-14-23(33)29-24(26-28-15-16-31(26)2)20-9-11-21(34-3)12-10-20/h4-16,24H,17H2,1-3H3,(H,29,33)/b14-13+. The topological polar surface area (TPSA) is 74.0 Å². The highest BCUT2D eigenvalue weighted by Gasteiger charge is 2.20. The Bertz CT molecular complexity index is 1290. The van der Waals surface area contributed by atoms with Crippen molar-refractivity contribution in [3.63, 3.8) is 0 Å². The quantitative estimate of drug-likeness (QED) is 0.379. The van der Waals surface area contributed by atoms with E-state index in [0.29, 0.717) is 17.3 Å². The molecular formula is C26H26ClN5O2. The van der Waals surface area contributed by atoms with Crippen molar-refractivity contribution >= 4 is 23.6 Å². The van der Waals surface area contributed by atoms with Crippen LogP contribution in [0.15, 0.2) is 73.1 Å². The number of nitrogens with zero attached hydrogens (tertiary/aromatic N) is 4. The molecule has 2 aromatic carbocycles.